The highest BCUT2D eigenvalue weighted by atomic mass is 127. The molecule has 0 saturated carbocycles. The number of rotatable bonds is 1. The van der Waals surface area contributed by atoms with Crippen molar-refractivity contribution >= 4 is 44.1 Å². The number of fused-ring (bicyclic) bond motifs is 1. The maximum Gasteiger partial charge on any atom is 0.164 e. The molecule has 3 rings (SSSR count). The molecule has 0 radical (unpaired) electrons. The van der Waals surface area contributed by atoms with Gasteiger partial charge in [-0.15, -0.1) is 11.3 Å². The van der Waals surface area contributed by atoms with Crippen LogP contribution in [-0.4, -0.2) is 4.98 Å². The van der Waals surface area contributed by atoms with Crippen LogP contribution in [0.5, 0.6) is 0 Å². The van der Waals surface area contributed by atoms with Gasteiger partial charge in [0.15, 0.2) is 14.5 Å². The number of aromatic nitrogens is 1. The summed E-state index contributed by atoms with van der Waals surface area (Å²) in [5, 5.41) is 0.944. The topological polar surface area (TPSA) is 26.0 Å². The van der Waals surface area contributed by atoms with E-state index in [-0.39, 0.29) is 0 Å². The Morgan fingerprint density at radius 3 is 2.73 bits per heavy atom. The Labute approximate surface area is 104 Å². The summed E-state index contributed by atoms with van der Waals surface area (Å²) < 4.78 is 7.62. The predicted molar refractivity (Wildman–Crippen MR) is 70.0 cm³/mol. The summed E-state index contributed by atoms with van der Waals surface area (Å²) in [6, 6.07) is 12.0. The van der Waals surface area contributed by atoms with Crippen LogP contribution < -0.4 is 0 Å². The molecule has 0 fully saturated rings. The Morgan fingerprint density at radius 2 is 2.00 bits per heavy atom. The molecule has 74 valence electrons. The molecule has 4 heteroatoms. The standard InChI is InChI=1S/C11H6INOS/c12-10-6-5-8(14-10)11-13-7-3-1-2-4-9(7)15-11/h1-6H. The van der Waals surface area contributed by atoms with Crippen molar-refractivity contribution in [1.82, 2.24) is 4.98 Å². The van der Waals surface area contributed by atoms with E-state index in [9.17, 15) is 0 Å². The fourth-order valence-corrected chi connectivity index (χ4v) is 2.75. The van der Waals surface area contributed by atoms with Gasteiger partial charge in [0.05, 0.1) is 10.2 Å². The van der Waals surface area contributed by atoms with E-state index in [1.54, 1.807) is 11.3 Å². The van der Waals surface area contributed by atoms with Crippen LogP contribution in [0.25, 0.3) is 21.0 Å². The van der Waals surface area contributed by atoms with E-state index in [2.05, 4.69) is 33.6 Å². The van der Waals surface area contributed by atoms with Crippen LogP contribution in [0.4, 0.5) is 0 Å². The van der Waals surface area contributed by atoms with Crippen LogP contribution in [-0.2, 0) is 0 Å². The Hall–Kier alpha value is -0.880. The second kappa shape index (κ2) is 3.61. The Kier molecular flexibility index (Phi) is 2.25. The van der Waals surface area contributed by atoms with Gasteiger partial charge >= 0.3 is 0 Å². The van der Waals surface area contributed by atoms with Crippen molar-refractivity contribution in [2.45, 2.75) is 0 Å². The molecule has 0 bridgehead atoms. The molecular formula is C11H6INOS. The molecule has 0 amide bonds. The maximum absolute atomic E-state index is 5.53. The fraction of sp³-hybridized carbons (Fsp3) is 0. The van der Waals surface area contributed by atoms with Gasteiger partial charge < -0.3 is 4.42 Å². The number of benzene rings is 1. The van der Waals surface area contributed by atoms with E-state index >= 15 is 0 Å². The van der Waals surface area contributed by atoms with Gasteiger partial charge in [0.1, 0.15) is 0 Å². The number of nitrogens with zero attached hydrogens (tertiary/aromatic N) is 1. The summed E-state index contributed by atoms with van der Waals surface area (Å²) in [7, 11) is 0. The van der Waals surface area contributed by atoms with E-state index in [1.807, 2.05) is 30.3 Å². The van der Waals surface area contributed by atoms with E-state index < -0.39 is 0 Å². The van der Waals surface area contributed by atoms with E-state index in [0.29, 0.717) is 0 Å². The maximum atomic E-state index is 5.53. The van der Waals surface area contributed by atoms with Gasteiger partial charge in [-0.2, -0.15) is 0 Å². The summed E-state index contributed by atoms with van der Waals surface area (Å²) in [5.41, 5.74) is 1.03. The summed E-state index contributed by atoms with van der Waals surface area (Å²) in [4.78, 5) is 4.52. The molecule has 2 aromatic heterocycles. The van der Waals surface area contributed by atoms with Crippen LogP contribution in [0.3, 0.4) is 0 Å². The Balaban J connectivity index is 2.19. The first-order valence-corrected chi connectivity index (χ1v) is 6.34. The lowest BCUT2D eigenvalue weighted by atomic mass is 10.3. The number of para-hydroxylation sites is 1. The molecule has 2 heterocycles. The Bertz CT molecular complexity index is 581. The number of furan rings is 1. The molecule has 2 nitrogen and oxygen atoms in total. The minimum Gasteiger partial charge on any atom is -0.448 e. The highest BCUT2D eigenvalue weighted by molar-refractivity contribution is 14.1. The van der Waals surface area contributed by atoms with Crippen LogP contribution >= 0.6 is 33.9 Å². The lowest BCUT2D eigenvalue weighted by Gasteiger charge is -1.85. The monoisotopic (exact) mass is 327 g/mol. The highest BCUT2D eigenvalue weighted by Crippen LogP contribution is 2.31. The molecule has 0 aliphatic heterocycles. The van der Waals surface area contributed by atoms with Gasteiger partial charge in [-0.3, -0.25) is 0 Å². The van der Waals surface area contributed by atoms with Gasteiger partial charge in [-0.25, -0.2) is 4.98 Å². The van der Waals surface area contributed by atoms with E-state index in [1.165, 1.54) is 4.70 Å². The summed E-state index contributed by atoms with van der Waals surface area (Å²) in [6.07, 6.45) is 0. The first-order valence-electron chi connectivity index (χ1n) is 4.44. The normalized spacial score (nSPS) is 11.0. The third-order valence-corrected chi connectivity index (χ3v) is 3.71. The summed E-state index contributed by atoms with van der Waals surface area (Å²) in [6.45, 7) is 0. The molecule has 0 atom stereocenters. The zero-order valence-corrected chi connectivity index (χ0v) is 10.6. The van der Waals surface area contributed by atoms with Crippen LogP contribution in [0, 0.1) is 3.77 Å². The van der Waals surface area contributed by atoms with Gasteiger partial charge in [0, 0.05) is 0 Å². The average molecular weight is 327 g/mol. The van der Waals surface area contributed by atoms with Crippen molar-refractivity contribution in [3.05, 3.63) is 40.2 Å². The van der Waals surface area contributed by atoms with Crippen molar-refractivity contribution in [2.24, 2.45) is 0 Å². The van der Waals surface area contributed by atoms with Crippen molar-refractivity contribution in [2.75, 3.05) is 0 Å². The molecule has 0 N–H and O–H groups in total. The SMILES string of the molecule is Ic1ccc(-c2nc3ccccc3s2)o1. The van der Waals surface area contributed by atoms with E-state index in [4.69, 9.17) is 4.42 Å². The second-order valence-corrected chi connectivity index (χ2v) is 5.18. The quantitative estimate of drug-likeness (QED) is 0.627. The third kappa shape index (κ3) is 1.68. The zero-order chi connectivity index (χ0) is 10.3. The zero-order valence-electron chi connectivity index (χ0n) is 7.61. The molecule has 0 unspecified atom stereocenters. The first-order chi connectivity index (χ1) is 7.33. The van der Waals surface area contributed by atoms with Crippen molar-refractivity contribution in [1.29, 1.82) is 0 Å². The van der Waals surface area contributed by atoms with Crippen molar-refractivity contribution in [3.8, 4) is 10.8 Å². The van der Waals surface area contributed by atoms with Crippen LogP contribution in [0.15, 0.2) is 40.8 Å². The second-order valence-electron chi connectivity index (χ2n) is 3.09. The first kappa shape index (κ1) is 9.35. The van der Waals surface area contributed by atoms with Gasteiger partial charge in [0.25, 0.3) is 0 Å². The largest absolute Gasteiger partial charge is 0.448 e. The van der Waals surface area contributed by atoms with Crippen LogP contribution in [0.1, 0.15) is 0 Å². The molecule has 3 aromatic rings. The Morgan fingerprint density at radius 1 is 1.13 bits per heavy atom. The van der Waals surface area contributed by atoms with Gasteiger partial charge in [-0.1, -0.05) is 12.1 Å². The van der Waals surface area contributed by atoms with Crippen LogP contribution in [0.2, 0.25) is 0 Å². The van der Waals surface area contributed by atoms with E-state index in [0.717, 1.165) is 20.1 Å². The molecule has 1 aromatic carbocycles. The number of hydrogen-bond donors (Lipinski definition) is 0. The lowest BCUT2D eigenvalue weighted by Crippen LogP contribution is -1.69. The minimum absolute atomic E-state index is 0.848. The van der Waals surface area contributed by atoms with Gasteiger partial charge in [0.2, 0.25) is 0 Å². The third-order valence-electron chi connectivity index (χ3n) is 2.08. The highest BCUT2D eigenvalue weighted by Gasteiger charge is 2.08. The fourth-order valence-electron chi connectivity index (χ4n) is 1.41. The smallest absolute Gasteiger partial charge is 0.164 e. The molecule has 0 saturated heterocycles. The molecule has 0 aliphatic rings. The summed E-state index contributed by atoms with van der Waals surface area (Å²) in [5.74, 6) is 0.848. The minimum atomic E-state index is 0.848. The van der Waals surface area contributed by atoms with Crippen molar-refractivity contribution < 1.29 is 4.42 Å². The average Bonchev–Trinajstić information content (AvgIpc) is 2.82. The molecule has 0 spiro atoms. The lowest BCUT2D eigenvalue weighted by molar-refractivity contribution is 0.552. The molecule has 15 heavy (non-hydrogen) atoms. The number of hydrogen-bond acceptors (Lipinski definition) is 3. The number of halogens is 1. The van der Waals surface area contributed by atoms with Crippen molar-refractivity contribution in [3.63, 3.8) is 0 Å². The predicted octanol–water partition coefficient (Wildman–Crippen LogP) is 4.16. The molecular weight excluding hydrogens is 321 g/mol. The number of thiazole rings is 1. The van der Waals surface area contributed by atoms with Gasteiger partial charge in [-0.05, 0) is 46.9 Å². The summed E-state index contributed by atoms with van der Waals surface area (Å²) >= 11 is 3.81. The molecule has 0 aliphatic carbocycles.